The van der Waals surface area contributed by atoms with E-state index in [9.17, 15) is 20.2 Å². The van der Waals surface area contributed by atoms with Crippen LogP contribution in [0.3, 0.4) is 0 Å². The molecule has 0 aliphatic rings. The third-order valence-electron chi connectivity index (χ3n) is 1.98. The van der Waals surface area contributed by atoms with Crippen molar-refractivity contribution >= 4 is 28.1 Å². The van der Waals surface area contributed by atoms with Gasteiger partial charge in [-0.3, -0.25) is 20.2 Å². The number of aromatic nitrogens is 3. The molecule has 0 saturated carbocycles. The molecule has 0 amide bonds. The van der Waals surface area contributed by atoms with E-state index in [0.717, 1.165) is 6.07 Å². The van der Waals surface area contributed by atoms with Gasteiger partial charge in [0.25, 0.3) is 0 Å². The van der Waals surface area contributed by atoms with Crippen LogP contribution in [0, 0.1) is 20.2 Å². The number of benzene rings is 1. The summed E-state index contributed by atoms with van der Waals surface area (Å²) >= 11 is 0. The molecule has 0 bridgehead atoms. The van der Waals surface area contributed by atoms with Crippen molar-refractivity contribution in [2.24, 2.45) is 0 Å². The van der Waals surface area contributed by atoms with Crippen LogP contribution in [0.15, 0.2) is 6.07 Å². The minimum Gasteiger partial charge on any atom is -0.387 e. The Kier molecular flexibility index (Phi) is 1.90. The van der Waals surface area contributed by atoms with Crippen LogP contribution in [-0.4, -0.2) is 25.3 Å². The normalized spacial score (nSPS) is 10.5. The topological polar surface area (TPSA) is 154 Å². The van der Waals surface area contributed by atoms with Crippen molar-refractivity contribution in [3.63, 3.8) is 0 Å². The first kappa shape index (κ1) is 9.76. The van der Waals surface area contributed by atoms with Crippen molar-refractivity contribution < 1.29 is 9.85 Å². The molecule has 0 radical (unpaired) electrons. The highest BCUT2D eigenvalue weighted by atomic mass is 16.6. The fraction of sp³-hybridized carbons (Fsp3) is 0. The summed E-state index contributed by atoms with van der Waals surface area (Å²) in [6, 6.07) is 1.03. The standard InChI is InChI=1S/C6H4N6O4/c7-4-3(11(13)14)1-2-5(9-10-8-2)6(4)12(15)16/h1H,7H2,(H,8,9,10). The van der Waals surface area contributed by atoms with Crippen molar-refractivity contribution in [1.82, 2.24) is 15.4 Å². The van der Waals surface area contributed by atoms with Gasteiger partial charge in [0.1, 0.15) is 5.52 Å². The second kappa shape index (κ2) is 3.12. The number of fused-ring (bicyclic) bond motifs is 1. The van der Waals surface area contributed by atoms with E-state index in [2.05, 4.69) is 15.4 Å². The summed E-state index contributed by atoms with van der Waals surface area (Å²) in [5.74, 6) is 0. The Bertz CT molecular complexity index is 604. The first-order valence-corrected chi connectivity index (χ1v) is 3.94. The minimum absolute atomic E-state index is 0.0209. The van der Waals surface area contributed by atoms with Gasteiger partial charge in [0, 0.05) is 6.07 Å². The van der Waals surface area contributed by atoms with Crippen LogP contribution < -0.4 is 5.73 Å². The molecule has 0 atom stereocenters. The average Bonchev–Trinajstić information content (AvgIpc) is 2.62. The van der Waals surface area contributed by atoms with Gasteiger partial charge in [-0.15, -0.1) is 5.10 Å². The number of aromatic amines is 1. The van der Waals surface area contributed by atoms with Gasteiger partial charge in [-0.2, -0.15) is 10.3 Å². The maximum atomic E-state index is 10.7. The van der Waals surface area contributed by atoms with Crippen molar-refractivity contribution in [1.29, 1.82) is 0 Å². The lowest BCUT2D eigenvalue weighted by Gasteiger charge is -1.98. The molecule has 10 heteroatoms. The van der Waals surface area contributed by atoms with Gasteiger partial charge in [-0.1, -0.05) is 0 Å². The molecule has 0 saturated heterocycles. The summed E-state index contributed by atoms with van der Waals surface area (Å²) in [4.78, 5) is 19.7. The fourth-order valence-electron chi connectivity index (χ4n) is 1.31. The number of rotatable bonds is 2. The third-order valence-corrected chi connectivity index (χ3v) is 1.98. The number of nitro groups is 2. The molecule has 0 spiro atoms. The summed E-state index contributed by atoms with van der Waals surface area (Å²) in [5, 5.41) is 30.5. The number of nitro benzene ring substituents is 2. The number of H-pyrrole nitrogens is 1. The molecule has 0 aliphatic heterocycles. The van der Waals surface area contributed by atoms with Gasteiger partial charge in [0.2, 0.25) is 0 Å². The molecule has 0 fully saturated rings. The molecule has 3 N–H and O–H groups in total. The smallest absolute Gasteiger partial charge is 0.328 e. The highest BCUT2D eigenvalue weighted by Crippen LogP contribution is 2.36. The van der Waals surface area contributed by atoms with Crippen LogP contribution >= 0.6 is 0 Å². The fourth-order valence-corrected chi connectivity index (χ4v) is 1.31. The summed E-state index contributed by atoms with van der Waals surface area (Å²) in [5.41, 5.74) is 3.56. The van der Waals surface area contributed by atoms with Gasteiger partial charge in [0.05, 0.1) is 9.85 Å². The largest absolute Gasteiger partial charge is 0.387 e. The SMILES string of the molecule is Nc1c([N+](=O)[O-])cc2n[nH]nc2c1[N+](=O)[O-]. The van der Waals surface area contributed by atoms with Crippen LogP contribution in [-0.2, 0) is 0 Å². The van der Waals surface area contributed by atoms with Crippen molar-refractivity contribution in [2.45, 2.75) is 0 Å². The summed E-state index contributed by atoms with van der Waals surface area (Å²) in [6.45, 7) is 0. The van der Waals surface area contributed by atoms with E-state index in [1.165, 1.54) is 0 Å². The van der Waals surface area contributed by atoms with Crippen molar-refractivity contribution in [3.8, 4) is 0 Å². The minimum atomic E-state index is -0.826. The first-order chi connectivity index (χ1) is 7.52. The zero-order chi connectivity index (χ0) is 11.9. The lowest BCUT2D eigenvalue weighted by Crippen LogP contribution is -2.01. The van der Waals surface area contributed by atoms with E-state index in [1.807, 2.05) is 0 Å². The molecule has 82 valence electrons. The predicted octanol–water partition coefficient (Wildman–Crippen LogP) is 0.356. The van der Waals surface area contributed by atoms with Gasteiger partial charge >= 0.3 is 11.4 Å². The lowest BCUT2D eigenvalue weighted by molar-refractivity contribution is -0.391. The van der Waals surface area contributed by atoms with Crippen molar-refractivity contribution in [2.75, 3.05) is 5.73 Å². The Labute approximate surface area is 86.3 Å². The Morgan fingerprint density at radius 2 is 1.94 bits per heavy atom. The number of nitrogen functional groups attached to an aromatic ring is 1. The number of nitrogens with zero attached hydrogens (tertiary/aromatic N) is 4. The third kappa shape index (κ3) is 1.20. The molecule has 1 aromatic heterocycles. The monoisotopic (exact) mass is 224 g/mol. The number of hydrogen-bond acceptors (Lipinski definition) is 7. The van der Waals surface area contributed by atoms with Gasteiger partial charge in [0.15, 0.2) is 11.2 Å². The summed E-state index contributed by atoms with van der Waals surface area (Å²) < 4.78 is 0. The molecule has 1 heterocycles. The highest BCUT2D eigenvalue weighted by molar-refractivity contribution is 5.95. The quantitative estimate of drug-likeness (QED) is 0.423. The molecular formula is C6H4N6O4. The molecular weight excluding hydrogens is 220 g/mol. The van der Waals surface area contributed by atoms with Gasteiger partial charge in [-0.25, -0.2) is 0 Å². The number of anilines is 1. The second-order valence-electron chi connectivity index (χ2n) is 2.86. The maximum Gasteiger partial charge on any atom is 0.328 e. The van der Waals surface area contributed by atoms with Crippen LogP contribution in [0.1, 0.15) is 0 Å². The van der Waals surface area contributed by atoms with Gasteiger partial charge < -0.3 is 5.73 Å². The van der Waals surface area contributed by atoms with E-state index in [0.29, 0.717) is 0 Å². The summed E-state index contributed by atoms with van der Waals surface area (Å²) in [6.07, 6.45) is 0. The van der Waals surface area contributed by atoms with E-state index < -0.39 is 26.9 Å². The van der Waals surface area contributed by atoms with Crippen LogP contribution in [0.25, 0.3) is 11.0 Å². The molecule has 16 heavy (non-hydrogen) atoms. The molecule has 0 aliphatic carbocycles. The molecule has 0 unspecified atom stereocenters. The highest BCUT2D eigenvalue weighted by Gasteiger charge is 2.28. The summed E-state index contributed by atoms with van der Waals surface area (Å²) in [7, 11) is 0. The number of hydrogen-bond donors (Lipinski definition) is 2. The van der Waals surface area contributed by atoms with Crippen LogP contribution in [0.4, 0.5) is 17.1 Å². The Morgan fingerprint density at radius 1 is 1.25 bits per heavy atom. The second-order valence-corrected chi connectivity index (χ2v) is 2.86. The van der Waals surface area contributed by atoms with E-state index in [1.54, 1.807) is 0 Å². The first-order valence-electron chi connectivity index (χ1n) is 3.94. The zero-order valence-corrected chi connectivity index (χ0v) is 7.58. The Balaban J connectivity index is 2.92. The van der Waals surface area contributed by atoms with Gasteiger partial charge in [-0.05, 0) is 0 Å². The van der Waals surface area contributed by atoms with Crippen LogP contribution in [0.5, 0.6) is 0 Å². The van der Waals surface area contributed by atoms with Crippen LogP contribution in [0.2, 0.25) is 0 Å². The lowest BCUT2D eigenvalue weighted by atomic mass is 10.2. The molecule has 10 nitrogen and oxygen atoms in total. The molecule has 1 aromatic carbocycles. The number of nitrogens with two attached hydrogens (primary N) is 1. The Morgan fingerprint density at radius 3 is 2.50 bits per heavy atom. The van der Waals surface area contributed by atoms with E-state index in [4.69, 9.17) is 5.73 Å². The average molecular weight is 224 g/mol. The predicted molar refractivity (Wildman–Crippen MR) is 51.6 cm³/mol. The molecule has 2 aromatic rings. The number of nitrogens with one attached hydrogen (secondary N) is 1. The molecule has 2 rings (SSSR count). The van der Waals surface area contributed by atoms with E-state index >= 15 is 0 Å². The Hall–Kier alpha value is -2.78. The van der Waals surface area contributed by atoms with E-state index in [-0.39, 0.29) is 11.0 Å². The van der Waals surface area contributed by atoms with Crippen molar-refractivity contribution in [3.05, 3.63) is 26.3 Å². The zero-order valence-electron chi connectivity index (χ0n) is 7.58. The maximum absolute atomic E-state index is 10.7.